The van der Waals surface area contributed by atoms with Gasteiger partial charge in [-0.05, 0) is 66.4 Å². The zero-order valence-electron chi connectivity index (χ0n) is 12.0. The third-order valence-electron chi connectivity index (χ3n) is 4.67. The second-order valence-corrected chi connectivity index (χ2v) is 7.53. The molecule has 5 heteroatoms. The molecular formula is C16H20BrClN2O. The van der Waals surface area contributed by atoms with Crippen LogP contribution in [0.1, 0.15) is 36.0 Å². The second kappa shape index (κ2) is 6.27. The molecule has 3 nitrogen and oxygen atoms in total. The van der Waals surface area contributed by atoms with E-state index in [2.05, 4.69) is 21.2 Å². The first-order valence-electron chi connectivity index (χ1n) is 7.55. The maximum atomic E-state index is 12.8. The van der Waals surface area contributed by atoms with Gasteiger partial charge in [-0.15, -0.1) is 0 Å². The van der Waals surface area contributed by atoms with Crippen LogP contribution >= 0.6 is 27.5 Å². The summed E-state index contributed by atoms with van der Waals surface area (Å²) in [6, 6.07) is 5.40. The van der Waals surface area contributed by atoms with E-state index < -0.39 is 0 Å². The Morgan fingerprint density at radius 1 is 1.33 bits per heavy atom. The Balaban J connectivity index is 1.79. The second-order valence-electron chi connectivity index (χ2n) is 6.23. The number of nitrogens with zero attached hydrogens (tertiary/aromatic N) is 1. The quantitative estimate of drug-likeness (QED) is 0.816. The number of likely N-dealkylation sites (tertiary alicyclic amines) is 1. The first kappa shape index (κ1) is 15.3. The van der Waals surface area contributed by atoms with E-state index in [1.165, 1.54) is 19.3 Å². The maximum Gasteiger partial charge on any atom is 0.255 e. The molecule has 1 N–H and O–H groups in total. The third-order valence-corrected chi connectivity index (χ3v) is 5.59. The van der Waals surface area contributed by atoms with Gasteiger partial charge in [0.15, 0.2) is 0 Å². The Bertz CT molecular complexity index is 538. The minimum Gasteiger partial charge on any atom is -0.338 e. The molecule has 2 heterocycles. The fourth-order valence-corrected chi connectivity index (χ4v) is 4.18. The average molecular weight is 372 g/mol. The minimum atomic E-state index is 0.0917. The highest BCUT2D eigenvalue weighted by Gasteiger charge is 2.38. The van der Waals surface area contributed by atoms with Crippen LogP contribution < -0.4 is 5.32 Å². The topological polar surface area (TPSA) is 32.3 Å². The van der Waals surface area contributed by atoms with Gasteiger partial charge in [0.05, 0.1) is 5.56 Å². The van der Waals surface area contributed by atoms with E-state index >= 15 is 0 Å². The highest BCUT2D eigenvalue weighted by atomic mass is 79.9. The standard InChI is InChI=1S/C16H20BrClN2O/c17-14-4-3-12(18)9-13(14)15(21)20-8-2-6-16(11-20)5-1-7-19-10-16/h3-4,9,19H,1-2,5-8,10-11H2. The zero-order chi connectivity index (χ0) is 14.9. The van der Waals surface area contributed by atoms with Crippen LogP contribution in [0.25, 0.3) is 0 Å². The van der Waals surface area contributed by atoms with Crippen LogP contribution in [0.5, 0.6) is 0 Å². The summed E-state index contributed by atoms with van der Waals surface area (Å²) in [7, 11) is 0. The zero-order valence-corrected chi connectivity index (χ0v) is 14.3. The highest BCUT2D eigenvalue weighted by molar-refractivity contribution is 9.10. The monoisotopic (exact) mass is 370 g/mol. The molecule has 2 aliphatic heterocycles. The molecule has 0 aromatic heterocycles. The normalized spacial score (nSPS) is 26.1. The van der Waals surface area contributed by atoms with E-state index in [1.807, 2.05) is 11.0 Å². The number of halogens is 2. The Labute approximate surface area is 139 Å². The Morgan fingerprint density at radius 2 is 2.14 bits per heavy atom. The molecule has 1 amide bonds. The molecule has 3 rings (SSSR count). The van der Waals surface area contributed by atoms with E-state index in [4.69, 9.17) is 11.6 Å². The van der Waals surface area contributed by atoms with Gasteiger partial charge in [-0.3, -0.25) is 4.79 Å². The first-order chi connectivity index (χ1) is 10.1. The van der Waals surface area contributed by atoms with Crippen LogP contribution in [0.2, 0.25) is 5.02 Å². The molecule has 0 aliphatic carbocycles. The van der Waals surface area contributed by atoms with Gasteiger partial charge in [-0.25, -0.2) is 0 Å². The van der Waals surface area contributed by atoms with E-state index in [0.29, 0.717) is 10.6 Å². The fraction of sp³-hybridized carbons (Fsp3) is 0.562. The van der Waals surface area contributed by atoms with Gasteiger partial charge in [0.1, 0.15) is 0 Å². The lowest BCUT2D eigenvalue weighted by atomic mass is 9.74. The van der Waals surface area contributed by atoms with Crippen molar-refractivity contribution in [1.82, 2.24) is 10.2 Å². The summed E-state index contributed by atoms with van der Waals surface area (Å²) in [5, 5.41) is 4.10. The molecule has 2 aliphatic rings. The van der Waals surface area contributed by atoms with Crippen molar-refractivity contribution in [3.05, 3.63) is 33.3 Å². The van der Waals surface area contributed by atoms with Crippen LogP contribution in [0.4, 0.5) is 0 Å². The third kappa shape index (κ3) is 3.27. The summed E-state index contributed by atoms with van der Waals surface area (Å²) in [4.78, 5) is 14.8. The molecule has 0 saturated carbocycles. The highest BCUT2D eigenvalue weighted by Crippen LogP contribution is 2.36. The Kier molecular flexibility index (Phi) is 4.57. The van der Waals surface area contributed by atoms with Crippen LogP contribution in [-0.4, -0.2) is 37.0 Å². The molecule has 0 bridgehead atoms. The molecule has 1 atom stereocenters. The van der Waals surface area contributed by atoms with E-state index in [-0.39, 0.29) is 11.3 Å². The molecule has 1 aromatic carbocycles. The molecule has 2 saturated heterocycles. The van der Waals surface area contributed by atoms with Crippen LogP contribution in [0.3, 0.4) is 0 Å². The van der Waals surface area contributed by atoms with Gasteiger partial charge in [0, 0.05) is 34.5 Å². The summed E-state index contributed by atoms with van der Waals surface area (Å²) in [6.07, 6.45) is 4.75. The fourth-order valence-electron chi connectivity index (χ4n) is 3.59. The molecule has 1 spiro atoms. The number of carbonyl (C=O) groups is 1. The van der Waals surface area contributed by atoms with Crippen molar-refractivity contribution in [2.24, 2.45) is 5.41 Å². The number of hydrogen-bond donors (Lipinski definition) is 1. The van der Waals surface area contributed by atoms with Gasteiger partial charge in [-0.1, -0.05) is 11.6 Å². The summed E-state index contributed by atoms with van der Waals surface area (Å²) in [5.41, 5.74) is 0.945. The van der Waals surface area contributed by atoms with E-state index in [0.717, 1.165) is 37.1 Å². The number of carbonyl (C=O) groups excluding carboxylic acids is 1. The predicted octanol–water partition coefficient (Wildman–Crippen LogP) is 3.71. The summed E-state index contributed by atoms with van der Waals surface area (Å²) >= 11 is 9.51. The van der Waals surface area contributed by atoms with Crippen molar-refractivity contribution in [2.75, 3.05) is 26.2 Å². The first-order valence-corrected chi connectivity index (χ1v) is 8.72. The molecular weight excluding hydrogens is 352 g/mol. The van der Waals surface area contributed by atoms with Crippen LogP contribution in [0.15, 0.2) is 22.7 Å². The lowest BCUT2D eigenvalue weighted by Crippen LogP contribution is -2.52. The van der Waals surface area contributed by atoms with Crippen molar-refractivity contribution in [3.63, 3.8) is 0 Å². The van der Waals surface area contributed by atoms with E-state index in [9.17, 15) is 4.79 Å². The number of hydrogen-bond acceptors (Lipinski definition) is 2. The number of rotatable bonds is 1. The average Bonchev–Trinajstić information content (AvgIpc) is 2.50. The Morgan fingerprint density at radius 3 is 2.90 bits per heavy atom. The van der Waals surface area contributed by atoms with Crippen molar-refractivity contribution < 1.29 is 4.79 Å². The molecule has 21 heavy (non-hydrogen) atoms. The number of piperidine rings is 2. The van der Waals surface area contributed by atoms with Gasteiger partial charge in [0.25, 0.3) is 5.91 Å². The number of amides is 1. The molecule has 0 radical (unpaired) electrons. The van der Waals surface area contributed by atoms with Gasteiger partial charge in [-0.2, -0.15) is 0 Å². The van der Waals surface area contributed by atoms with Gasteiger partial charge < -0.3 is 10.2 Å². The smallest absolute Gasteiger partial charge is 0.255 e. The summed E-state index contributed by atoms with van der Waals surface area (Å²) < 4.78 is 0.818. The maximum absolute atomic E-state index is 12.8. The molecule has 2 fully saturated rings. The van der Waals surface area contributed by atoms with Crippen molar-refractivity contribution in [2.45, 2.75) is 25.7 Å². The van der Waals surface area contributed by atoms with Gasteiger partial charge in [0.2, 0.25) is 0 Å². The Hall–Kier alpha value is -0.580. The summed E-state index contributed by atoms with van der Waals surface area (Å²) in [6.45, 7) is 3.85. The number of nitrogens with one attached hydrogen (secondary N) is 1. The predicted molar refractivity (Wildman–Crippen MR) is 88.8 cm³/mol. The SMILES string of the molecule is O=C(c1cc(Cl)ccc1Br)N1CCCC2(CCCNC2)C1. The molecule has 1 unspecified atom stereocenters. The lowest BCUT2D eigenvalue weighted by Gasteiger charge is -2.45. The van der Waals surface area contributed by atoms with Crippen molar-refractivity contribution in [3.8, 4) is 0 Å². The summed E-state index contributed by atoms with van der Waals surface area (Å²) in [5.74, 6) is 0.0917. The van der Waals surface area contributed by atoms with Gasteiger partial charge >= 0.3 is 0 Å². The lowest BCUT2D eigenvalue weighted by molar-refractivity contribution is 0.0433. The van der Waals surface area contributed by atoms with E-state index in [1.54, 1.807) is 12.1 Å². The molecule has 1 aromatic rings. The van der Waals surface area contributed by atoms with Crippen LogP contribution in [-0.2, 0) is 0 Å². The van der Waals surface area contributed by atoms with Crippen molar-refractivity contribution in [1.29, 1.82) is 0 Å². The van der Waals surface area contributed by atoms with Crippen molar-refractivity contribution >= 4 is 33.4 Å². The van der Waals surface area contributed by atoms with Crippen LogP contribution in [0, 0.1) is 5.41 Å². The largest absolute Gasteiger partial charge is 0.338 e. The minimum absolute atomic E-state index is 0.0917. The number of benzene rings is 1. The molecule has 114 valence electrons.